The summed E-state index contributed by atoms with van der Waals surface area (Å²) < 4.78 is 25.7. The van der Waals surface area contributed by atoms with Gasteiger partial charge in [0.15, 0.2) is 5.69 Å². The molecule has 1 fully saturated rings. The molecule has 18 heavy (non-hydrogen) atoms. The van der Waals surface area contributed by atoms with E-state index in [-0.39, 0.29) is 22.9 Å². The first kappa shape index (κ1) is 12.7. The Kier molecular flexibility index (Phi) is 3.41. The lowest BCUT2D eigenvalue weighted by molar-refractivity contribution is -0.120. The summed E-state index contributed by atoms with van der Waals surface area (Å²) >= 11 is 0. The van der Waals surface area contributed by atoms with Crippen molar-refractivity contribution in [2.24, 2.45) is 0 Å². The van der Waals surface area contributed by atoms with Crippen LogP contribution in [0.3, 0.4) is 0 Å². The zero-order chi connectivity index (χ0) is 13.2. The Balaban J connectivity index is 2.42. The second-order valence-corrected chi connectivity index (χ2v) is 5.85. The molecular formula is C11H11N3O3S. The van der Waals surface area contributed by atoms with Crippen LogP contribution >= 0.6 is 0 Å². The molecule has 0 aliphatic carbocycles. The fourth-order valence-electron chi connectivity index (χ4n) is 1.83. The van der Waals surface area contributed by atoms with Gasteiger partial charge in [-0.05, 0) is 18.6 Å². The van der Waals surface area contributed by atoms with E-state index in [2.05, 4.69) is 4.98 Å². The molecule has 1 aromatic rings. The molecule has 94 valence electrons. The van der Waals surface area contributed by atoms with Gasteiger partial charge in [-0.15, -0.1) is 0 Å². The van der Waals surface area contributed by atoms with Crippen molar-refractivity contribution < 1.29 is 13.2 Å². The first-order valence-corrected chi connectivity index (χ1v) is 6.86. The molecule has 0 atom stereocenters. The fraction of sp³-hybridized carbons (Fsp3) is 0.364. The van der Waals surface area contributed by atoms with Gasteiger partial charge in [-0.3, -0.25) is 4.79 Å². The maximum atomic E-state index is 12.3. The highest BCUT2D eigenvalue weighted by molar-refractivity contribution is 7.89. The SMILES string of the molecule is N#Cc1ncccc1S(=O)(=O)N1CCCC(=O)C1. The summed E-state index contributed by atoms with van der Waals surface area (Å²) in [5.74, 6) is -0.104. The lowest BCUT2D eigenvalue weighted by Gasteiger charge is -2.25. The minimum absolute atomic E-state index is 0.104. The molecule has 0 saturated carbocycles. The molecule has 0 N–H and O–H groups in total. The fourth-order valence-corrected chi connectivity index (χ4v) is 3.39. The first-order valence-electron chi connectivity index (χ1n) is 5.42. The van der Waals surface area contributed by atoms with Gasteiger partial charge in [0.2, 0.25) is 10.0 Å². The van der Waals surface area contributed by atoms with E-state index in [9.17, 15) is 13.2 Å². The Morgan fingerprint density at radius 3 is 2.89 bits per heavy atom. The molecule has 2 rings (SSSR count). The molecule has 1 aliphatic rings. The standard InChI is InChI=1S/C11H11N3O3S/c12-7-10-11(4-1-5-13-10)18(16,17)14-6-2-3-9(15)8-14/h1,4-5H,2-3,6,8H2. The number of ketones is 1. The van der Waals surface area contributed by atoms with Crippen molar-refractivity contribution in [3.8, 4) is 6.07 Å². The van der Waals surface area contributed by atoms with E-state index in [4.69, 9.17) is 5.26 Å². The number of carbonyl (C=O) groups is 1. The molecule has 0 bridgehead atoms. The van der Waals surface area contributed by atoms with E-state index in [0.717, 1.165) is 4.31 Å². The number of aromatic nitrogens is 1. The second kappa shape index (κ2) is 4.84. The minimum atomic E-state index is -3.81. The van der Waals surface area contributed by atoms with Gasteiger partial charge in [-0.1, -0.05) is 0 Å². The predicted octanol–water partition coefficient (Wildman–Crippen LogP) is 0.307. The molecule has 0 unspecified atom stereocenters. The van der Waals surface area contributed by atoms with Gasteiger partial charge in [0.05, 0.1) is 6.54 Å². The monoisotopic (exact) mass is 265 g/mol. The lowest BCUT2D eigenvalue weighted by Crippen LogP contribution is -2.40. The van der Waals surface area contributed by atoms with Crippen LogP contribution in [0.4, 0.5) is 0 Å². The maximum Gasteiger partial charge on any atom is 0.246 e. The minimum Gasteiger partial charge on any atom is -0.298 e. The number of rotatable bonds is 2. The molecule has 2 heterocycles. The number of nitrogens with zero attached hydrogens (tertiary/aromatic N) is 3. The molecular weight excluding hydrogens is 254 g/mol. The summed E-state index contributed by atoms with van der Waals surface area (Å²) in [6.07, 6.45) is 2.28. The van der Waals surface area contributed by atoms with E-state index in [1.54, 1.807) is 6.07 Å². The lowest BCUT2D eigenvalue weighted by atomic mass is 10.1. The third kappa shape index (κ3) is 2.25. The normalized spacial score (nSPS) is 17.4. The van der Waals surface area contributed by atoms with Crippen LogP contribution in [0, 0.1) is 11.3 Å². The number of sulfonamides is 1. The summed E-state index contributed by atoms with van der Waals surface area (Å²) in [7, 11) is -3.81. The second-order valence-electron chi connectivity index (χ2n) is 3.94. The van der Waals surface area contributed by atoms with Gasteiger partial charge >= 0.3 is 0 Å². The van der Waals surface area contributed by atoms with Crippen molar-refractivity contribution in [2.45, 2.75) is 17.7 Å². The van der Waals surface area contributed by atoms with E-state index in [0.29, 0.717) is 19.4 Å². The van der Waals surface area contributed by atoms with Gasteiger partial charge in [-0.25, -0.2) is 13.4 Å². The van der Waals surface area contributed by atoms with Crippen molar-refractivity contribution in [1.82, 2.24) is 9.29 Å². The first-order chi connectivity index (χ1) is 8.55. The predicted molar refractivity (Wildman–Crippen MR) is 62.0 cm³/mol. The average molecular weight is 265 g/mol. The van der Waals surface area contributed by atoms with Crippen molar-refractivity contribution in [3.63, 3.8) is 0 Å². The molecule has 6 nitrogen and oxygen atoms in total. The van der Waals surface area contributed by atoms with Gasteiger partial charge < -0.3 is 0 Å². The zero-order valence-corrected chi connectivity index (χ0v) is 10.4. The van der Waals surface area contributed by atoms with Crippen LogP contribution < -0.4 is 0 Å². The van der Waals surface area contributed by atoms with Crippen molar-refractivity contribution in [2.75, 3.05) is 13.1 Å². The topological polar surface area (TPSA) is 91.1 Å². The highest BCUT2D eigenvalue weighted by atomic mass is 32.2. The van der Waals surface area contributed by atoms with Crippen molar-refractivity contribution in [1.29, 1.82) is 5.26 Å². The Morgan fingerprint density at radius 1 is 1.44 bits per heavy atom. The van der Waals surface area contributed by atoms with E-state index < -0.39 is 10.0 Å². The maximum absolute atomic E-state index is 12.3. The molecule has 0 spiro atoms. The molecule has 0 radical (unpaired) electrons. The Morgan fingerprint density at radius 2 is 2.22 bits per heavy atom. The molecule has 1 aliphatic heterocycles. The summed E-state index contributed by atoms with van der Waals surface area (Å²) in [5, 5.41) is 8.87. The number of Topliss-reactive ketones (excluding diaryl/α,β-unsaturated/α-hetero) is 1. The largest absolute Gasteiger partial charge is 0.298 e. The molecule has 0 amide bonds. The molecule has 0 aromatic carbocycles. The Hall–Kier alpha value is -1.78. The number of nitriles is 1. The average Bonchev–Trinajstić information content (AvgIpc) is 2.38. The quantitative estimate of drug-likeness (QED) is 0.767. The summed E-state index contributed by atoms with van der Waals surface area (Å²) in [4.78, 5) is 14.9. The Labute approximate surface area is 105 Å². The van der Waals surface area contributed by atoms with E-state index >= 15 is 0 Å². The van der Waals surface area contributed by atoms with E-state index in [1.165, 1.54) is 18.3 Å². The highest BCUT2D eigenvalue weighted by Crippen LogP contribution is 2.20. The highest BCUT2D eigenvalue weighted by Gasteiger charge is 2.31. The number of pyridine rings is 1. The Bertz CT molecular complexity index is 619. The van der Waals surface area contributed by atoms with E-state index in [1.807, 2.05) is 0 Å². The summed E-state index contributed by atoms with van der Waals surface area (Å²) in [5.41, 5.74) is -0.143. The number of hydrogen-bond donors (Lipinski definition) is 0. The summed E-state index contributed by atoms with van der Waals surface area (Å²) in [6, 6.07) is 4.54. The zero-order valence-electron chi connectivity index (χ0n) is 9.54. The van der Waals surface area contributed by atoms with Gasteiger partial charge in [0, 0.05) is 19.2 Å². The van der Waals surface area contributed by atoms with Crippen LogP contribution in [0.1, 0.15) is 18.5 Å². The smallest absolute Gasteiger partial charge is 0.246 e. The third-order valence-electron chi connectivity index (χ3n) is 2.71. The van der Waals surface area contributed by atoms with Crippen molar-refractivity contribution >= 4 is 15.8 Å². The van der Waals surface area contributed by atoms with Gasteiger partial charge in [-0.2, -0.15) is 9.57 Å². The van der Waals surface area contributed by atoms with Crippen LogP contribution in [-0.2, 0) is 14.8 Å². The van der Waals surface area contributed by atoms with Crippen LogP contribution in [-0.4, -0.2) is 36.6 Å². The van der Waals surface area contributed by atoms with Gasteiger partial charge in [0.25, 0.3) is 0 Å². The number of carbonyl (C=O) groups excluding carboxylic acids is 1. The van der Waals surface area contributed by atoms with Crippen LogP contribution in [0.2, 0.25) is 0 Å². The van der Waals surface area contributed by atoms with Crippen LogP contribution in [0.25, 0.3) is 0 Å². The van der Waals surface area contributed by atoms with Crippen molar-refractivity contribution in [3.05, 3.63) is 24.0 Å². The number of piperidine rings is 1. The van der Waals surface area contributed by atoms with Crippen LogP contribution in [0.15, 0.2) is 23.2 Å². The summed E-state index contributed by atoms with van der Waals surface area (Å²) in [6.45, 7) is 0.177. The molecule has 7 heteroatoms. The van der Waals surface area contributed by atoms with Crippen LogP contribution in [0.5, 0.6) is 0 Å². The molecule has 1 saturated heterocycles. The third-order valence-corrected chi connectivity index (χ3v) is 4.59. The van der Waals surface area contributed by atoms with Gasteiger partial charge in [0.1, 0.15) is 16.7 Å². The number of hydrogen-bond acceptors (Lipinski definition) is 5. The molecule has 1 aromatic heterocycles.